The van der Waals surface area contributed by atoms with Crippen LogP contribution in [0.15, 0.2) is 21.9 Å². The number of aromatic nitrogens is 2. The van der Waals surface area contributed by atoms with Crippen LogP contribution in [-0.4, -0.2) is 46.0 Å². The van der Waals surface area contributed by atoms with E-state index >= 15 is 4.39 Å². The quantitative estimate of drug-likeness (QED) is 0.742. The number of nitrogens with zero attached hydrogens (tertiary/aromatic N) is 1. The molecule has 1 fully saturated rings. The van der Waals surface area contributed by atoms with E-state index in [1.165, 1.54) is 0 Å². The van der Waals surface area contributed by atoms with E-state index < -0.39 is 47.3 Å². The molecule has 2 rings (SSSR count). The van der Waals surface area contributed by atoms with Gasteiger partial charge in [-0.05, 0) is 6.92 Å². The first kappa shape index (κ1) is 17.9. The molecule has 0 aliphatic carbocycles. The Labute approximate surface area is 135 Å². The van der Waals surface area contributed by atoms with Crippen molar-refractivity contribution in [1.29, 1.82) is 0 Å². The molecule has 1 saturated heterocycles. The van der Waals surface area contributed by atoms with Gasteiger partial charge in [0.15, 0.2) is 18.0 Å². The third-order valence-corrected chi connectivity index (χ3v) is 3.53. The first-order valence-corrected chi connectivity index (χ1v) is 7.09. The van der Waals surface area contributed by atoms with E-state index in [1.54, 1.807) is 0 Å². The number of aromatic amines is 1. The van der Waals surface area contributed by atoms with Crippen molar-refractivity contribution in [2.24, 2.45) is 0 Å². The highest BCUT2D eigenvalue weighted by Gasteiger charge is 2.58. The fourth-order valence-electron chi connectivity index (χ4n) is 2.52. The topological polar surface area (TPSA) is 117 Å². The van der Waals surface area contributed by atoms with E-state index in [1.807, 2.05) is 4.98 Å². The summed E-state index contributed by atoms with van der Waals surface area (Å²) in [5.74, 6) is -1.37. The lowest BCUT2D eigenvalue weighted by Gasteiger charge is -2.27. The summed E-state index contributed by atoms with van der Waals surface area (Å²) in [7, 11) is 0. The number of halogens is 1. The summed E-state index contributed by atoms with van der Waals surface area (Å²) in [5.41, 5.74) is -3.84. The van der Waals surface area contributed by atoms with Gasteiger partial charge >= 0.3 is 17.6 Å². The average molecular weight is 344 g/mol. The summed E-state index contributed by atoms with van der Waals surface area (Å²) in [6, 6.07) is 1.03. The molecule has 0 radical (unpaired) electrons. The number of esters is 2. The van der Waals surface area contributed by atoms with Crippen molar-refractivity contribution in [1.82, 2.24) is 9.55 Å². The van der Waals surface area contributed by atoms with Gasteiger partial charge in [-0.3, -0.25) is 23.9 Å². The van der Waals surface area contributed by atoms with Gasteiger partial charge in [0, 0.05) is 26.1 Å². The van der Waals surface area contributed by atoms with Crippen molar-refractivity contribution < 1.29 is 28.2 Å². The lowest BCUT2D eigenvalue weighted by atomic mass is 9.98. The lowest BCUT2D eigenvalue weighted by molar-refractivity contribution is -0.158. The van der Waals surface area contributed by atoms with E-state index in [0.717, 1.165) is 37.6 Å². The van der Waals surface area contributed by atoms with E-state index in [4.69, 9.17) is 14.2 Å². The molecule has 2 heterocycles. The minimum Gasteiger partial charge on any atom is -0.463 e. The first-order valence-electron chi connectivity index (χ1n) is 7.09. The van der Waals surface area contributed by atoms with Gasteiger partial charge in [0.1, 0.15) is 12.7 Å². The molecule has 10 heteroatoms. The minimum atomic E-state index is -2.31. The van der Waals surface area contributed by atoms with Gasteiger partial charge < -0.3 is 14.2 Å². The van der Waals surface area contributed by atoms with Crippen molar-refractivity contribution in [3.05, 3.63) is 33.1 Å². The first-order chi connectivity index (χ1) is 11.1. The van der Waals surface area contributed by atoms with Crippen LogP contribution < -0.4 is 11.2 Å². The van der Waals surface area contributed by atoms with Crippen molar-refractivity contribution in [3.63, 3.8) is 0 Å². The zero-order valence-electron chi connectivity index (χ0n) is 13.3. The molecule has 0 bridgehead atoms. The molecule has 1 aliphatic heterocycles. The average Bonchev–Trinajstić information content (AvgIpc) is 2.68. The Morgan fingerprint density at radius 1 is 1.38 bits per heavy atom. The van der Waals surface area contributed by atoms with Crippen molar-refractivity contribution >= 4 is 11.9 Å². The molecular weight excluding hydrogens is 327 g/mol. The molecule has 1 aromatic heterocycles. The van der Waals surface area contributed by atoms with Crippen LogP contribution in [0.2, 0.25) is 0 Å². The van der Waals surface area contributed by atoms with Crippen LogP contribution in [0.3, 0.4) is 0 Å². The maximum absolute atomic E-state index is 15.2. The highest BCUT2D eigenvalue weighted by atomic mass is 19.1. The molecule has 9 nitrogen and oxygen atoms in total. The summed E-state index contributed by atoms with van der Waals surface area (Å²) in [6.07, 6.45) is -2.93. The minimum absolute atomic E-state index is 0.360. The Kier molecular flexibility index (Phi) is 4.88. The molecule has 1 N–H and O–H groups in total. The Balaban J connectivity index is 2.38. The summed E-state index contributed by atoms with van der Waals surface area (Å²) in [4.78, 5) is 47.2. The fourth-order valence-corrected chi connectivity index (χ4v) is 2.52. The maximum atomic E-state index is 15.2. The molecule has 0 unspecified atom stereocenters. The summed E-state index contributed by atoms with van der Waals surface area (Å²) in [6.45, 7) is 2.99. The molecule has 0 aromatic carbocycles. The predicted molar refractivity (Wildman–Crippen MR) is 76.9 cm³/mol. The smallest absolute Gasteiger partial charge is 0.330 e. The molecule has 132 valence electrons. The SMILES string of the molecule is CC(=O)OC[C@H]1O[C@@H](n2ccc(=O)[nH]c2=O)[C@](C)(F)[C@@H]1OC(C)=O. The number of hydrogen-bond donors (Lipinski definition) is 1. The lowest BCUT2D eigenvalue weighted by Crippen LogP contribution is -2.46. The summed E-state index contributed by atoms with van der Waals surface area (Å²) < 4.78 is 31.3. The van der Waals surface area contributed by atoms with Gasteiger partial charge in [0.2, 0.25) is 0 Å². The van der Waals surface area contributed by atoms with Gasteiger partial charge in [-0.2, -0.15) is 0 Å². The van der Waals surface area contributed by atoms with Crippen LogP contribution in [0.4, 0.5) is 4.39 Å². The normalized spacial score (nSPS) is 29.2. The monoisotopic (exact) mass is 344 g/mol. The fraction of sp³-hybridized carbons (Fsp3) is 0.571. The van der Waals surface area contributed by atoms with Crippen LogP contribution >= 0.6 is 0 Å². The number of ether oxygens (including phenoxy) is 3. The second kappa shape index (κ2) is 6.56. The highest BCUT2D eigenvalue weighted by molar-refractivity contribution is 5.66. The Hall–Kier alpha value is -2.49. The van der Waals surface area contributed by atoms with Crippen LogP contribution in [0.5, 0.6) is 0 Å². The molecular formula is C14H17FN2O7. The number of hydrogen-bond acceptors (Lipinski definition) is 7. The van der Waals surface area contributed by atoms with Crippen LogP contribution in [0.1, 0.15) is 27.0 Å². The molecule has 0 spiro atoms. The largest absolute Gasteiger partial charge is 0.463 e. The van der Waals surface area contributed by atoms with Gasteiger partial charge in [-0.25, -0.2) is 9.18 Å². The second-order valence-electron chi connectivity index (χ2n) is 5.53. The summed E-state index contributed by atoms with van der Waals surface area (Å²) >= 11 is 0. The van der Waals surface area contributed by atoms with E-state index in [0.29, 0.717) is 0 Å². The van der Waals surface area contributed by atoms with Gasteiger partial charge in [0.25, 0.3) is 5.56 Å². The molecule has 1 aromatic rings. The van der Waals surface area contributed by atoms with Gasteiger partial charge in [-0.15, -0.1) is 0 Å². The predicted octanol–water partition coefficient (Wildman–Crippen LogP) is -0.343. The zero-order valence-corrected chi connectivity index (χ0v) is 13.3. The van der Waals surface area contributed by atoms with Crippen molar-refractivity contribution in [3.8, 4) is 0 Å². The molecule has 4 atom stereocenters. The Morgan fingerprint density at radius 3 is 2.58 bits per heavy atom. The number of carbonyl (C=O) groups is 2. The number of rotatable bonds is 4. The van der Waals surface area contributed by atoms with Crippen molar-refractivity contribution in [2.75, 3.05) is 6.61 Å². The maximum Gasteiger partial charge on any atom is 0.330 e. The van der Waals surface area contributed by atoms with Crippen LogP contribution in [0.25, 0.3) is 0 Å². The third-order valence-electron chi connectivity index (χ3n) is 3.53. The third kappa shape index (κ3) is 3.53. The van der Waals surface area contributed by atoms with Crippen LogP contribution in [-0.2, 0) is 23.8 Å². The molecule has 0 saturated carbocycles. The van der Waals surface area contributed by atoms with E-state index in [-0.39, 0.29) is 6.61 Å². The summed E-state index contributed by atoms with van der Waals surface area (Å²) in [5, 5.41) is 0. The number of carbonyl (C=O) groups excluding carboxylic acids is 2. The second-order valence-corrected chi connectivity index (χ2v) is 5.53. The standard InChI is InChI=1S/C14H17FN2O7/c1-7(18)22-6-9-11(23-8(2)19)14(3,15)12(24-9)17-5-4-10(20)16-13(17)21/h4-5,9,11-12H,6H2,1-3H3,(H,16,20,21)/t9-,11-,12-,14-/m1/s1. The highest BCUT2D eigenvalue weighted by Crippen LogP contribution is 2.42. The van der Waals surface area contributed by atoms with Gasteiger partial charge in [-0.1, -0.05) is 0 Å². The molecule has 24 heavy (non-hydrogen) atoms. The van der Waals surface area contributed by atoms with Gasteiger partial charge in [0.05, 0.1) is 0 Å². The Morgan fingerprint density at radius 2 is 2.04 bits per heavy atom. The molecule has 0 amide bonds. The molecule has 1 aliphatic rings. The van der Waals surface area contributed by atoms with Crippen LogP contribution in [0, 0.1) is 0 Å². The van der Waals surface area contributed by atoms with E-state index in [2.05, 4.69) is 0 Å². The number of alkyl halides is 1. The number of nitrogens with one attached hydrogen (secondary N) is 1. The van der Waals surface area contributed by atoms with E-state index in [9.17, 15) is 19.2 Å². The van der Waals surface area contributed by atoms with Crippen molar-refractivity contribution in [2.45, 2.75) is 44.9 Å². The zero-order chi connectivity index (χ0) is 18.1. The Bertz CT molecular complexity index is 754. The number of H-pyrrole nitrogens is 1.